The fourth-order valence-electron chi connectivity index (χ4n) is 1.65. The van der Waals surface area contributed by atoms with Crippen molar-refractivity contribution in [1.29, 1.82) is 0 Å². The highest BCUT2D eigenvalue weighted by Gasteiger charge is 2.36. The number of imidazole rings is 1. The molecule has 0 bridgehead atoms. The molecule has 1 aromatic heterocycles. The molecule has 0 radical (unpaired) electrons. The molecule has 0 spiro atoms. The molecule has 0 aliphatic rings. The van der Waals surface area contributed by atoms with Gasteiger partial charge >= 0.3 is 12.1 Å². The Morgan fingerprint density at radius 1 is 1.41 bits per heavy atom. The topological polar surface area (TPSA) is 55.1 Å². The van der Waals surface area contributed by atoms with Crippen molar-refractivity contribution in [2.75, 3.05) is 0 Å². The van der Waals surface area contributed by atoms with Crippen LogP contribution in [0.5, 0.6) is 0 Å². The third-order valence-corrected chi connectivity index (χ3v) is 2.42. The van der Waals surface area contributed by atoms with Crippen molar-refractivity contribution in [1.82, 2.24) is 9.55 Å². The van der Waals surface area contributed by atoms with E-state index in [0.717, 1.165) is 6.07 Å². The van der Waals surface area contributed by atoms with Crippen LogP contribution < -0.4 is 0 Å². The van der Waals surface area contributed by atoms with Gasteiger partial charge in [0.05, 0.1) is 23.0 Å². The van der Waals surface area contributed by atoms with E-state index in [1.54, 1.807) is 7.05 Å². The highest BCUT2D eigenvalue weighted by molar-refractivity contribution is 6.02. The molecule has 0 amide bonds. The first-order chi connectivity index (χ1) is 7.82. The summed E-state index contributed by atoms with van der Waals surface area (Å²) >= 11 is 0. The number of carboxylic acid groups (broad SMARTS) is 1. The molecule has 1 heterocycles. The Bertz CT molecular complexity index is 601. The molecule has 0 unspecified atom stereocenters. The molecule has 1 N–H and O–H groups in total. The second-order valence-corrected chi connectivity index (χ2v) is 3.51. The van der Waals surface area contributed by atoms with Crippen LogP contribution in [0.2, 0.25) is 0 Å². The van der Waals surface area contributed by atoms with Crippen molar-refractivity contribution in [3.8, 4) is 0 Å². The number of hydrogen-bond donors (Lipinski definition) is 1. The minimum Gasteiger partial charge on any atom is -0.478 e. The average molecular weight is 244 g/mol. The van der Waals surface area contributed by atoms with E-state index in [-0.39, 0.29) is 5.52 Å². The fraction of sp³-hybridized carbons (Fsp3) is 0.200. The van der Waals surface area contributed by atoms with Crippen molar-refractivity contribution in [2.45, 2.75) is 6.18 Å². The van der Waals surface area contributed by atoms with E-state index in [4.69, 9.17) is 5.11 Å². The number of fused-ring (bicyclic) bond motifs is 1. The third-order valence-electron chi connectivity index (χ3n) is 2.42. The minimum atomic E-state index is -4.71. The predicted octanol–water partition coefficient (Wildman–Crippen LogP) is 2.29. The number of benzene rings is 1. The van der Waals surface area contributed by atoms with E-state index in [1.807, 2.05) is 0 Å². The Morgan fingerprint density at radius 2 is 2.06 bits per heavy atom. The van der Waals surface area contributed by atoms with Gasteiger partial charge in [0, 0.05) is 7.05 Å². The first-order valence-electron chi connectivity index (χ1n) is 4.57. The van der Waals surface area contributed by atoms with Crippen LogP contribution in [0.15, 0.2) is 18.5 Å². The normalized spacial score (nSPS) is 12.0. The Balaban J connectivity index is 2.87. The summed E-state index contributed by atoms with van der Waals surface area (Å²) in [5.74, 6) is -1.64. The highest BCUT2D eigenvalue weighted by Crippen LogP contribution is 2.34. The second-order valence-electron chi connectivity index (χ2n) is 3.51. The van der Waals surface area contributed by atoms with Gasteiger partial charge in [-0.15, -0.1) is 0 Å². The van der Waals surface area contributed by atoms with Gasteiger partial charge in [-0.1, -0.05) is 0 Å². The van der Waals surface area contributed by atoms with Crippen molar-refractivity contribution in [2.24, 2.45) is 7.05 Å². The number of rotatable bonds is 1. The zero-order valence-corrected chi connectivity index (χ0v) is 8.62. The lowest BCUT2D eigenvalue weighted by Crippen LogP contribution is -2.13. The summed E-state index contributed by atoms with van der Waals surface area (Å²) < 4.78 is 39.4. The van der Waals surface area contributed by atoms with Gasteiger partial charge in [0.15, 0.2) is 0 Å². The molecular formula is C10H7F3N2O2. The summed E-state index contributed by atoms with van der Waals surface area (Å²) in [7, 11) is 1.58. The average Bonchev–Trinajstić information content (AvgIpc) is 2.57. The summed E-state index contributed by atoms with van der Waals surface area (Å²) in [6.07, 6.45) is -3.43. The van der Waals surface area contributed by atoms with E-state index in [1.165, 1.54) is 17.0 Å². The quantitative estimate of drug-likeness (QED) is 0.837. The SMILES string of the molecule is Cn1cnc2c(C(=O)O)c(C(F)(F)F)ccc21. The maximum absolute atomic E-state index is 12.6. The van der Waals surface area contributed by atoms with Crippen LogP contribution in [0.3, 0.4) is 0 Å². The summed E-state index contributed by atoms with van der Waals surface area (Å²) in [5.41, 5.74) is -1.81. The van der Waals surface area contributed by atoms with Gasteiger partial charge in [-0.25, -0.2) is 9.78 Å². The lowest BCUT2D eigenvalue weighted by molar-refractivity contribution is -0.138. The zero-order chi connectivity index (χ0) is 12.8. The zero-order valence-electron chi connectivity index (χ0n) is 8.62. The largest absolute Gasteiger partial charge is 0.478 e. The van der Waals surface area contributed by atoms with E-state index in [0.29, 0.717) is 5.52 Å². The summed E-state index contributed by atoms with van der Waals surface area (Å²) in [6.45, 7) is 0. The lowest BCUT2D eigenvalue weighted by Gasteiger charge is -2.10. The molecule has 90 valence electrons. The van der Waals surface area contributed by atoms with Gasteiger partial charge in [0.1, 0.15) is 5.52 Å². The number of carboxylic acids is 1. The number of alkyl halides is 3. The van der Waals surface area contributed by atoms with Gasteiger partial charge in [0.2, 0.25) is 0 Å². The van der Waals surface area contributed by atoms with Gasteiger partial charge in [-0.3, -0.25) is 0 Å². The van der Waals surface area contributed by atoms with Gasteiger partial charge in [0.25, 0.3) is 0 Å². The van der Waals surface area contributed by atoms with Crippen molar-refractivity contribution in [3.63, 3.8) is 0 Å². The van der Waals surface area contributed by atoms with Crippen LogP contribution in [0.4, 0.5) is 13.2 Å². The van der Waals surface area contributed by atoms with Crippen molar-refractivity contribution < 1.29 is 23.1 Å². The number of carbonyl (C=O) groups is 1. The monoisotopic (exact) mass is 244 g/mol. The molecule has 2 rings (SSSR count). The smallest absolute Gasteiger partial charge is 0.417 e. The molecule has 0 aliphatic carbocycles. The molecule has 0 aliphatic heterocycles. The van der Waals surface area contributed by atoms with E-state index >= 15 is 0 Å². The lowest BCUT2D eigenvalue weighted by atomic mass is 10.1. The minimum absolute atomic E-state index is 0.158. The number of aryl methyl sites for hydroxylation is 1. The first kappa shape index (κ1) is 11.4. The van der Waals surface area contributed by atoms with Gasteiger partial charge in [-0.05, 0) is 12.1 Å². The Labute approximate surface area is 93.3 Å². The van der Waals surface area contributed by atoms with Crippen LogP contribution in [0, 0.1) is 0 Å². The van der Waals surface area contributed by atoms with E-state index in [9.17, 15) is 18.0 Å². The summed E-state index contributed by atoms with van der Waals surface area (Å²) in [6, 6.07) is 1.96. The number of hydrogen-bond acceptors (Lipinski definition) is 2. The van der Waals surface area contributed by atoms with Crippen molar-refractivity contribution >= 4 is 17.0 Å². The Hall–Kier alpha value is -2.05. The number of nitrogens with zero attached hydrogens (tertiary/aromatic N) is 2. The summed E-state index contributed by atoms with van der Waals surface area (Å²) in [4.78, 5) is 14.6. The van der Waals surface area contributed by atoms with Gasteiger partial charge < -0.3 is 9.67 Å². The molecular weight excluding hydrogens is 237 g/mol. The Morgan fingerprint density at radius 3 is 2.59 bits per heavy atom. The molecule has 7 heteroatoms. The summed E-state index contributed by atoms with van der Waals surface area (Å²) in [5, 5.41) is 8.89. The maximum atomic E-state index is 12.6. The highest BCUT2D eigenvalue weighted by atomic mass is 19.4. The maximum Gasteiger partial charge on any atom is 0.417 e. The van der Waals surface area contributed by atoms with Crippen molar-refractivity contribution in [3.05, 3.63) is 29.6 Å². The van der Waals surface area contributed by atoms with Crippen LogP contribution in [-0.4, -0.2) is 20.6 Å². The molecule has 2 aromatic rings. The Kier molecular flexibility index (Phi) is 2.34. The molecule has 1 aromatic carbocycles. The van der Waals surface area contributed by atoms with Gasteiger partial charge in [-0.2, -0.15) is 13.2 Å². The molecule has 4 nitrogen and oxygen atoms in total. The second kappa shape index (κ2) is 3.47. The molecule has 17 heavy (non-hydrogen) atoms. The number of aromatic carboxylic acids is 1. The van der Waals surface area contributed by atoms with E-state index in [2.05, 4.69) is 4.98 Å². The van der Waals surface area contributed by atoms with Crippen LogP contribution in [0.1, 0.15) is 15.9 Å². The molecule has 0 atom stereocenters. The number of halogens is 3. The van der Waals surface area contributed by atoms with Crippen LogP contribution in [0.25, 0.3) is 11.0 Å². The fourth-order valence-corrected chi connectivity index (χ4v) is 1.65. The van der Waals surface area contributed by atoms with Crippen LogP contribution in [-0.2, 0) is 13.2 Å². The number of aromatic nitrogens is 2. The van der Waals surface area contributed by atoms with E-state index < -0.39 is 23.3 Å². The molecule has 0 saturated carbocycles. The predicted molar refractivity (Wildman–Crippen MR) is 52.7 cm³/mol. The molecule has 0 saturated heterocycles. The standard InChI is InChI=1S/C10H7F3N2O2/c1-15-4-14-8-6(15)3-2-5(10(11,12)13)7(8)9(16)17/h2-4H,1H3,(H,16,17). The molecule has 0 fully saturated rings. The first-order valence-corrected chi connectivity index (χ1v) is 4.57. The van der Waals surface area contributed by atoms with Crippen LogP contribution >= 0.6 is 0 Å². The third kappa shape index (κ3) is 1.73.